The van der Waals surface area contributed by atoms with E-state index in [9.17, 15) is 4.39 Å². The summed E-state index contributed by atoms with van der Waals surface area (Å²) in [6, 6.07) is 9.79. The van der Waals surface area contributed by atoms with Crippen molar-refractivity contribution < 1.29 is 4.39 Å². The van der Waals surface area contributed by atoms with Gasteiger partial charge in [-0.3, -0.25) is 0 Å². The van der Waals surface area contributed by atoms with Gasteiger partial charge in [0.05, 0.1) is 6.04 Å². The van der Waals surface area contributed by atoms with Gasteiger partial charge in [-0.1, -0.05) is 45.2 Å². The smallest absolute Gasteiger partial charge is 0.129 e. The van der Waals surface area contributed by atoms with Crippen molar-refractivity contribution in [3.63, 3.8) is 0 Å². The van der Waals surface area contributed by atoms with Crippen molar-refractivity contribution in [3.05, 3.63) is 67.9 Å². The molecule has 2 aromatic rings. The summed E-state index contributed by atoms with van der Waals surface area (Å²) in [4.78, 5) is 0. The molecule has 0 aliphatic rings. The van der Waals surface area contributed by atoms with Crippen LogP contribution in [0.1, 0.15) is 17.2 Å². The summed E-state index contributed by atoms with van der Waals surface area (Å²) in [6.45, 7) is 0. The predicted octanol–water partition coefficient (Wildman–Crippen LogP) is 5.20. The lowest BCUT2D eigenvalue weighted by atomic mass is 9.98. The highest BCUT2D eigenvalue weighted by atomic mass is 79.9. The van der Waals surface area contributed by atoms with E-state index in [2.05, 4.69) is 21.2 Å². The molecule has 0 heterocycles. The second-order valence-corrected chi connectivity index (χ2v) is 5.81. The zero-order chi connectivity index (χ0) is 14.0. The largest absolute Gasteiger partial charge is 0.309 e. The van der Waals surface area contributed by atoms with Crippen molar-refractivity contribution >= 4 is 39.1 Å². The molecule has 19 heavy (non-hydrogen) atoms. The normalized spacial score (nSPS) is 12.5. The average Bonchev–Trinajstić information content (AvgIpc) is 2.36. The molecule has 100 valence electrons. The second-order valence-electron chi connectivity index (χ2n) is 4.05. The maximum Gasteiger partial charge on any atom is 0.129 e. The van der Waals surface area contributed by atoms with E-state index in [-0.39, 0.29) is 11.9 Å². The molecule has 0 saturated carbocycles. The van der Waals surface area contributed by atoms with Crippen molar-refractivity contribution in [2.45, 2.75) is 6.04 Å². The molecule has 1 atom stereocenters. The van der Waals surface area contributed by atoms with Gasteiger partial charge < -0.3 is 5.32 Å². The summed E-state index contributed by atoms with van der Waals surface area (Å²) in [5.74, 6) is -0.358. The molecule has 0 aromatic heterocycles. The van der Waals surface area contributed by atoms with E-state index in [0.29, 0.717) is 15.6 Å². The predicted molar refractivity (Wildman–Crippen MR) is 81.5 cm³/mol. The molecule has 2 aromatic carbocycles. The van der Waals surface area contributed by atoms with E-state index >= 15 is 0 Å². The molecule has 2 rings (SSSR count). The molecule has 0 aliphatic carbocycles. The lowest BCUT2D eigenvalue weighted by Gasteiger charge is -2.19. The Labute approximate surface area is 129 Å². The fourth-order valence-corrected chi connectivity index (χ4v) is 2.71. The van der Waals surface area contributed by atoms with Crippen LogP contribution in [0, 0.1) is 5.82 Å². The van der Waals surface area contributed by atoms with Gasteiger partial charge in [-0.05, 0) is 42.9 Å². The lowest BCUT2D eigenvalue weighted by molar-refractivity contribution is 0.576. The Morgan fingerprint density at radius 2 is 1.84 bits per heavy atom. The highest BCUT2D eigenvalue weighted by Gasteiger charge is 2.19. The van der Waals surface area contributed by atoms with E-state index in [4.69, 9.17) is 23.2 Å². The van der Waals surface area contributed by atoms with E-state index in [0.717, 1.165) is 10.0 Å². The molecular weight excluding hydrogens is 352 g/mol. The standard InChI is InChI=1S/C14H11BrCl2FN/c1-19-14(10-4-3-9(16)7-13(10)18)11-6-8(15)2-5-12(11)17/h2-7,14,19H,1H3. The maximum atomic E-state index is 14.0. The Morgan fingerprint density at radius 1 is 1.11 bits per heavy atom. The Bertz CT molecular complexity index is 604. The van der Waals surface area contributed by atoms with Gasteiger partial charge >= 0.3 is 0 Å². The van der Waals surface area contributed by atoms with Crippen LogP contribution in [0.15, 0.2) is 40.9 Å². The Hall–Kier alpha value is -0.610. The molecule has 0 fully saturated rings. The molecule has 5 heteroatoms. The topological polar surface area (TPSA) is 12.0 Å². The van der Waals surface area contributed by atoms with Crippen LogP contribution < -0.4 is 5.32 Å². The average molecular weight is 363 g/mol. The van der Waals surface area contributed by atoms with E-state index in [1.165, 1.54) is 6.07 Å². The molecule has 1 unspecified atom stereocenters. The number of halogens is 4. The zero-order valence-corrected chi connectivity index (χ0v) is 13.2. The van der Waals surface area contributed by atoms with Gasteiger partial charge in [0.1, 0.15) is 5.82 Å². The second kappa shape index (κ2) is 6.23. The summed E-state index contributed by atoms with van der Waals surface area (Å²) in [7, 11) is 1.76. The van der Waals surface area contributed by atoms with Crippen LogP contribution in [0.5, 0.6) is 0 Å². The zero-order valence-electron chi connectivity index (χ0n) is 10.1. The number of hydrogen-bond donors (Lipinski definition) is 1. The monoisotopic (exact) mass is 361 g/mol. The fourth-order valence-electron chi connectivity index (χ4n) is 1.95. The minimum atomic E-state index is -0.358. The summed E-state index contributed by atoms with van der Waals surface area (Å²) in [6.07, 6.45) is 0. The number of hydrogen-bond acceptors (Lipinski definition) is 1. The maximum absolute atomic E-state index is 14.0. The van der Waals surface area contributed by atoms with Gasteiger partial charge in [0, 0.05) is 20.1 Å². The molecule has 0 radical (unpaired) electrons. The third kappa shape index (κ3) is 3.29. The van der Waals surface area contributed by atoms with Gasteiger partial charge in [0.2, 0.25) is 0 Å². The van der Waals surface area contributed by atoms with Crippen LogP contribution in [0.25, 0.3) is 0 Å². The highest BCUT2D eigenvalue weighted by Crippen LogP contribution is 2.32. The third-order valence-electron chi connectivity index (χ3n) is 2.83. The van der Waals surface area contributed by atoms with Crippen LogP contribution in [0.3, 0.4) is 0 Å². The number of nitrogens with one attached hydrogen (secondary N) is 1. The first kappa shape index (κ1) is 14.8. The van der Waals surface area contributed by atoms with Crippen LogP contribution in [-0.2, 0) is 0 Å². The van der Waals surface area contributed by atoms with Gasteiger partial charge in [0.25, 0.3) is 0 Å². The van der Waals surface area contributed by atoms with Crippen molar-refractivity contribution in [1.29, 1.82) is 0 Å². The van der Waals surface area contributed by atoms with Crippen molar-refractivity contribution in [2.24, 2.45) is 0 Å². The van der Waals surface area contributed by atoms with E-state index in [1.54, 1.807) is 25.2 Å². The molecule has 1 N–H and O–H groups in total. The third-order valence-corrected chi connectivity index (χ3v) is 3.90. The Kier molecular flexibility index (Phi) is 4.85. The van der Waals surface area contributed by atoms with Gasteiger partial charge in [0.15, 0.2) is 0 Å². The molecular formula is C14H11BrCl2FN. The number of benzene rings is 2. The SMILES string of the molecule is CNC(c1ccc(Cl)cc1F)c1cc(Br)ccc1Cl. The van der Waals surface area contributed by atoms with Crippen molar-refractivity contribution in [2.75, 3.05) is 7.05 Å². The lowest BCUT2D eigenvalue weighted by Crippen LogP contribution is -2.19. The van der Waals surface area contributed by atoms with E-state index in [1.807, 2.05) is 12.1 Å². The van der Waals surface area contributed by atoms with Gasteiger partial charge in [-0.25, -0.2) is 4.39 Å². The minimum Gasteiger partial charge on any atom is -0.309 e. The quantitative estimate of drug-likeness (QED) is 0.790. The first-order valence-electron chi connectivity index (χ1n) is 5.60. The van der Waals surface area contributed by atoms with Crippen molar-refractivity contribution in [3.8, 4) is 0 Å². The fraction of sp³-hybridized carbons (Fsp3) is 0.143. The van der Waals surface area contributed by atoms with Gasteiger partial charge in [-0.15, -0.1) is 0 Å². The van der Waals surface area contributed by atoms with Crippen LogP contribution >= 0.6 is 39.1 Å². The summed E-state index contributed by atoms with van der Waals surface area (Å²) >= 11 is 15.4. The number of rotatable bonds is 3. The molecule has 0 spiro atoms. The molecule has 0 saturated heterocycles. The first-order valence-corrected chi connectivity index (χ1v) is 7.15. The summed E-state index contributed by atoms with van der Waals surface area (Å²) in [5, 5.41) is 4.03. The van der Waals surface area contributed by atoms with E-state index < -0.39 is 0 Å². The molecule has 0 bridgehead atoms. The Balaban J connectivity index is 2.52. The summed E-state index contributed by atoms with van der Waals surface area (Å²) < 4.78 is 14.9. The summed E-state index contributed by atoms with van der Waals surface area (Å²) in [5.41, 5.74) is 1.31. The molecule has 1 nitrogen and oxygen atoms in total. The Morgan fingerprint density at radius 3 is 2.47 bits per heavy atom. The molecule has 0 aliphatic heterocycles. The first-order chi connectivity index (χ1) is 9.02. The molecule has 0 amide bonds. The van der Waals surface area contributed by atoms with Crippen LogP contribution in [-0.4, -0.2) is 7.05 Å². The van der Waals surface area contributed by atoms with Gasteiger partial charge in [-0.2, -0.15) is 0 Å². The highest BCUT2D eigenvalue weighted by molar-refractivity contribution is 9.10. The van der Waals surface area contributed by atoms with Crippen LogP contribution in [0.4, 0.5) is 4.39 Å². The minimum absolute atomic E-state index is 0.331. The van der Waals surface area contributed by atoms with Crippen LogP contribution in [0.2, 0.25) is 10.0 Å². The van der Waals surface area contributed by atoms with Crippen molar-refractivity contribution in [1.82, 2.24) is 5.32 Å².